The summed E-state index contributed by atoms with van der Waals surface area (Å²) in [5.74, 6) is 0.795. The molecule has 20 heavy (non-hydrogen) atoms. The first-order chi connectivity index (χ1) is 9.69. The van der Waals surface area contributed by atoms with Gasteiger partial charge in [-0.2, -0.15) is 0 Å². The number of hydrogen-bond donors (Lipinski definition) is 1. The fourth-order valence-electron chi connectivity index (χ4n) is 1.96. The molecule has 104 valence electrons. The third-order valence-corrected chi connectivity index (χ3v) is 3.08. The SMILES string of the molecule is COc1ccc(C(C)NC(=O)Cc2cccnc2)cc1. The summed E-state index contributed by atoms with van der Waals surface area (Å²) >= 11 is 0. The lowest BCUT2D eigenvalue weighted by Crippen LogP contribution is -2.28. The van der Waals surface area contributed by atoms with Crippen LogP contribution in [0.25, 0.3) is 0 Å². The smallest absolute Gasteiger partial charge is 0.224 e. The number of pyridine rings is 1. The van der Waals surface area contributed by atoms with Gasteiger partial charge in [0.2, 0.25) is 5.91 Å². The Labute approximate surface area is 118 Å². The first-order valence-corrected chi connectivity index (χ1v) is 6.51. The Hall–Kier alpha value is -2.36. The fraction of sp³-hybridized carbons (Fsp3) is 0.250. The summed E-state index contributed by atoms with van der Waals surface area (Å²) in [5, 5.41) is 2.97. The molecule has 2 rings (SSSR count). The number of benzene rings is 1. The summed E-state index contributed by atoms with van der Waals surface area (Å²) in [6.07, 6.45) is 3.74. The van der Waals surface area contributed by atoms with Crippen LogP contribution in [0.15, 0.2) is 48.8 Å². The van der Waals surface area contributed by atoms with E-state index in [1.807, 2.05) is 43.3 Å². The normalized spacial score (nSPS) is 11.7. The number of methoxy groups -OCH3 is 1. The van der Waals surface area contributed by atoms with Gasteiger partial charge in [-0.25, -0.2) is 0 Å². The Kier molecular flexibility index (Phi) is 4.71. The molecule has 2 aromatic rings. The minimum absolute atomic E-state index is 0.0127. The molecule has 1 aromatic carbocycles. The molecule has 1 aromatic heterocycles. The Bertz CT molecular complexity index is 552. The molecule has 1 amide bonds. The van der Waals surface area contributed by atoms with E-state index in [4.69, 9.17) is 4.74 Å². The summed E-state index contributed by atoms with van der Waals surface area (Å²) in [7, 11) is 1.63. The lowest BCUT2D eigenvalue weighted by molar-refractivity contribution is -0.121. The molecule has 0 aliphatic rings. The summed E-state index contributed by atoms with van der Waals surface area (Å²) in [6.45, 7) is 1.96. The number of nitrogens with one attached hydrogen (secondary N) is 1. The minimum atomic E-state index is -0.0370. The fourth-order valence-corrected chi connectivity index (χ4v) is 1.96. The number of ether oxygens (including phenoxy) is 1. The van der Waals surface area contributed by atoms with Crippen molar-refractivity contribution in [2.75, 3.05) is 7.11 Å². The average molecular weight is 270 g/mol. The molecule has 0 saturated carbocycles. The number of carbonyl (C=O) groups excluding carboxylic acids is 1. The highest BCUT2D eigenvalue weighted by Gasteiger charge is 2.10. The topological polar surface area (TPSA) is 51.2 Å². The van der Waals surface area contributed by atoms with E-state index in [-0.39, 0.29) is 11.9 Å². The molecule has 0 aliphatic heterocycles. The Morgan fingerprint density at radius 3 is 2.65 bits per heavy atom. The number of amides is 1. The van der Waals surface area contributed by atoms with Crippen LogP contribution >= 0.6 is 0 Å². The van der Waals surface area contributed by atoms with Gasteiger partial charge in [-0.15, -0.1) is 0 Å². The van der Waals surface area contributed by atoms with Gasteiger partial charge < -0.3 is 10.1 Å². The van der Waals surface area contributed by atoms with Gasteiger partial charge >= 0.3 is 0 Å². The first kappa shape index (κ1) is 14.1. The van der Waals surface area contributed by atoms with E-state index in [2.05, 4.69) is 10.3 Å². The predicted octanol–water partition coefficient (Wildman–Crippen LogP) is 2.51. The monoisotopic (exact) mass is 270 g/mol. The van der Waals surface area contributed by atoms with E-state index < -0.39 is 0 Å². The van der Waals surface area contributed by atoms with Crippen LogP contribution in [0.5, 0.6) is 5.75 Å². The second-order valence-corrected chi connectivity index (χ2v) is 4.60. The van der Waals surface area contributed by atoms with Crippen molar-refractivity contribution < 1.29 is 9.53 Å². The predicted molar refractivity (Wildman–Crippen MR) is 77.5 cm³/mol. The largest absolute Gasteiger partial charge is 0.497 e. The van der Waals surface area contributed by atoms with Crippen molar-refractivity contribution in [3.63, 3.8) is 0 Å². The van der Waals surface area contributed by atoms with Crippen molar-refractivity contribution in [3.05, 3.63) is 59.9 Å². The second kappa shape index (κ2) is 6.70. The van der Waals surface area contributed by atoms with Gasteiger partial charge in [-0.3, -0.25) is 9.78 Å². The zero-order valence-electron chi connectivity index (χ0n) is 11.7. The van der Waals surface area contributed by atoms with E-state index in [9.17, 15) is 4.79 Å². The molecule has 1 N–H and O–H groups in total. The van der Waals surface area contributed by atoms with Gasteiger partial charge in [0, 0.05) is 12.4 Å². The average Bonchev–Trinajstić information content (AvgIpc) is 2.48. The van der Waals surface area contributed by atoms with Crippen LogP contribution < -0.4 is 10.1 Å². The van der Waals surface area contributed by atoms with Gasteiger partial charge in [0.15, 0.2) is 0 Å². The van der Waals surface area contributed by atoms with Crippen molar-refractivity contribution in [1.29, 1.82) is 0 Å². The maximum atomic E-state index is 12.0. The van der Waals surface area contributed by atoms with E-state index in [1.165, 1.54) is 0 Å². The molecule has 1 heterocycles. The van der Waals surface area contributed by atoms with Crippen LogP contribution in [0, 0.1) is 0 Å². The molecule has 1 atom stereocenters. The quantitative estimate of drug-likeness (QED) is 0.908. The Balaban J connectivity index is 1.93. The zero-order chi connectivity index (χ0) is 14.4. The van der Waals surface area contributed by atoms with Crippen molar-refractivity contribution in [2.45, 2.75) is 19.4 Å². The summed E-state index contributed by atoms with van der Waals surface area (Å²) in [6, 6.07) is 11.4. The van der Waals surface area contributed by atoms with Gasteiger partial charge in [0.25, 0.3) is 0 Å². The molecule has 0 radical (unpaired) electrons. The number of rotatable bonds is 5. The minimum Gasteiger partial charge on any atom is -0.497 e. The van der Waals surface area contributed by atoms with Crippen LogP contribution in [0.3, 0.4) is 0 Å². The molecule has 4 nitrogen and oxygen atoms in total. The highest BCUT2D eigenvalue weighted by atomic mass is 16.5. The van der Waals surface area contributed by atoms with Gasteiger partial charge in [-0.05, 0) is 36.2 Å². The third-order valence-electron chi connectivity index (χ3n) is 3.08. The number of aromatic nitrogens is 1. The van der Waals surface area contributed by atoms with E-state index in [0.29, 0.717) is 6.42 Å². The molecule has 1 unspecified atom stereocenters. The van der Waals surface area contributed by atoms with Crippen LogP contribution in [0.4, 0.5) is 0 Å². The van der Waals surface area contributed by atoms with E-state index >= 15 is 0 Å². The number of nitrogens with zero attached hydrogens (tertiary/aromatic N) is 1. The summed E-state index contributed by atoms with van der Waals surface area (Å²) in [4.78, 5) is 16.0. The number of hydrogen-bond acceptors (Lipinski definition) is 3. The van der Waals surface area contributed by atoms with Gasteiger partial charge in [0.1, 0.15) is 5.75 Å². The first-order valence-electron chi connectivity index (χ1n) is 6.51. The highest BCUT2D eigenvalue weighted by molar-refractivity contribution is 5.78. The van der Waals surface area contributed by atoms with Crippen molar-refractivity contribution in [2.24, 2.45) is 0 Å². The van der Waals surface area contributed by atoms with E-state index in [1.54, 1.807) is 19.5 Å². The summed E-state index contributed by atoms with van der Waals surface area (Å²) in [5.41, 5.74) is 1.96. The summed E-state index contributed by atoms with van der Waals surface area (Å²) < 4.78 is 5.11. The Morgan fingerprint density at radius 2 is 2.05 bits per heavy atom. The van der Waals surface area contributed by atoms with Crippen LogP contribution in [0.1, 0.15) is 24.1 Å². The van der Waals surface area contributed by atoms with Crippen molar-refractivity contribution in [1.82, 2.24) is 10.3 Å². The molecule has 4 heteroatoms. The van der Waals surface area contributed by atoms with Crippen molar-refractivity contribution in [3.8, 4) is 5.75 Å². The maximum absolute atomic E-state index is 12.0. The molecule has 0 aliphatic carbocycles. The molecule has 0 saturated heterocycles. The highest BCUT2D eigenvalue weighted by Crippen LogP contribution is 2.17. The lowest BCUT2D eigenvalue weighted by Gasteiger charge is -2.14. The van der Waals surface area contributed by atoms with Gasteiger partial charge in [-0.1, -0.05) is 18.2 Å². The molecule has 0 spiro atoms. The zero-order valence-corrected chi connectivity index (χ0v) is 11.7. The molecule has 0 bridgehead atoms. The van der Waals surface area contributed by atoms with E-state index in [0.717, 1.165) is 16.9 Å². The van der Waals surface area contributed by atoms with Crippen molar-refractivity contribution >= 4 is 5.91 Å². The molecular weight excluding hydrogens is 252 g/mol. The van der Waals surface area contributed by atoms with Gasteiger partial charge in [0.05, 0.1) is 19.6 Å². The Morgan fingerprint density at radius 1 is 1.30 bits per heavy atom. The lowest BCUT2D eigenvalue weighted by atomic mass is 10.1. The number of carbonyl (C=O) groups is 1. The maximum Gasteiger partial charge on any atom is 0.224 e. The van der Waals surface area contributed by atoms with Crippen LogP contribution in [0.2, 0.25) is 0 Å². The van der Waals surface area contributed by atoms with Crippen LogP contribution in [-0.2, 0) is 11.2 Å². The molecular formula is C16H18N2O2. The standard InChI is InChI=1S/C16H18N2O2/c1-12(14-5-7-15(20-2)8-6-14)18-16(19)10-13-4-3-9-17-11-13/h3-9,11-12H,10H2,1-2H3,(H,18,19). The third kappa shape index (κ3) is 3.82. The van der Waals surface area contributed by atoms with Crippen LogP contribution in [-0.4, -0.2) is 18.0 Å². The molecule has 0 fully saturated rings. The second-order valence-electron chi connectivity index (χ2n) is 4.60.